The highest BCUT2D eigenvalue weighted by atomic mass is 19.2. The van der Waals surface area contributed by atoms with Crippen molar-refractivity contribution >= 4 is 5.95 Å². The van der Waals surface area contributed by atoms with E-state index in [1.54, 1.807) is 12.1 Å². The van der Waals surface area contributed by atoms with Gasteiger partial charge in [0, 0.05) is 31.1 Å². The van der Waals surface area contributed by atoms with E-state index in [9.17, 15) is 8.78 Å². The molecule has 7 heteroatoms. The van der Waals surface area contributed by atoms with E-state index in [0.29, 0.717) is 35.8 Å². The number of rotatable bonds is 5. The Bertz CT molecular complexity index is 801. The zero-order valence-corrected chi connectivity index (χ0v) is 16.6. The lowest BCUT2D eigenvalue weighted by Gasteiger charge is -2.34. The maximum Gasteiger partial charge on any atom is 0.266 e. The second kappa shape index (κ2) is 8.15. The van der Waals surface area contributed by atoms with Crippen molar-refractivity contribution in [1.82, 2.24) is 15.0 Å². The van der Waals surface area contributed by atoms with E-state index in [1.165, 1.54) is 6.07 Å². The van der Waals surface area contributed by atoms with Crippen LogP contribution in [-0.4, -0.2) is 41.2 Å². The Labute approximate surface area is 164 Å². The van der Waals surface area contributed by atoms with Gasteiger partial charge in [0.15, 0.2) is 11.6 Å². The Kier molecular flexibility index (Phi) is 5.62. The molecule has 0 radical (unpaired) electrons. The number of hydrogen-bond acceptors (Lipinski definition) is 5. The summed E-state index contributed by atoms with van der Waals surface area (Å²) in [5.41, 5.74) is 0.448. The number of benzene rings is 1. The van der Waals surface area contributed by atoms with Crippen molar-refractivity contribution in [2.24, 2.45) is 11.8 Å². The predicted molar refractivity (Wildman–Crippen MR) is 103 cm³/mol. The molecule has 0 spiro atoms. The molecule has 1 unspecified atom stereocenters. The molecule has 28 heavy (non-hydrogen) atoms. The highest BCUT2D eigenvalue weighted by Crippen LogP contribution is 2.34. The van der Waals surface area contributed by atoms with E-state index in [1.807, 2.05) is 13.8 Å². The maximum absolute atomic E-state index is 13.9. The van der Waals surface area contributed by atoms with Gasteiger partial charge in [-0.15, -0.1) is 0 Å². The Balaban J connectivity index is 1.29. The minimum absolute atomic E-state index is 0.243. The summed E-state index contributed by atoms with van der Waals surface area (Å²) in [7, 11) is 0. The Morgan fingerprint density at radius 2 is 1.86 bits per heavy atom. The van der Waals surface area contributed by atoms with E-state index in [4.69, 9.17) is 4.52 Å². The molecule has 2 aliphatic heterocycles. The number of hydrogen-bond donors (Lipinski definition) is 0. The highest BCUT2D eigenvalue weighted by Gasteiger charge is 2.33. The zero-order valence-electron chi connectivity index (χ0n) is 16.6. The van der Waals surface area contributed by atoms with Crippen LogP contribution in [0, 0.1) is 23.5 Å². The van der Waals surface area contributed by atoms with E-state index < -0.39 is 11.6 Å². The third-order valence-corrected chi connectivity index (χ3v) is 6.16. The number of halogens is 2. The average Bonchev–Trinajstić information content (AvgIpc) is 3.35. The van der Waals surface area contributed by atoms with Crippen LogP contribution in [0.5, 0.6) is 0 Å². The molecule has 2 aromatic rings. The van der Waals surface area contributed by atoms with Gasteiger partial charge < -0.3 is 9.42 Å². The fraction of sp³-hybridized carbons (Fsp3) is 0.619. The summed E-state index contributed by atoms with van der Waals surface area (Å²) in [6, 6.07) is 4.43. The Morgan fingerprint density at radius 1 is 1.11 bits per heavy atom. The van der Waals surface area contributed by atoms with Crippen LogP contribution in [0.25, 0.3) is 0 Å². The van der Waals surface area contributed by atoms with Crippen molar-refractivity contribution in [3.63, 3.8) is 0 Å². The number of aromatic nitrogens is 2. The quantitative estimate of drug-likeness (QED) is 0.765. The normalized spacial score (nSPS) is 21.8. The smallest absolute Gasteiger partial charge is 0.266 e. The van der Waals surface area contributed by atoms with Crippen LogP contribution in [0.4, 0.5) is 14.7 Å². The van der Waals surface area contributed by atoms with Crippen molar-refractivity contribution in [2.75, 3.05) is 31.1 Å². The van der Waals surface area contributed by atoms with Gasteiger partial charge in [0.25, 0.3) is 5.95 Å². The van der Waals surface area contributed by atoms with E-state index in [0.717, 1.165) is 45.4 Å². The molecule has 1 aromatic heterocycles. The SMILES string of the molecule is CC(C)c1nc(N2CCC(C3CCN(Cc4cccc(F)c4F)CC3)C2)no1. The first-order chi connectivity index (χ1) is 13.5. The summed E-state index contributed by atoms with van der Waals surface area (Å²) in [5.74, 6) is 1.47. The van der Waals surface area contributed by atoms with Gasteiger partial charge >= 0.3 is 0 Å². The average molecular weight is 390 g/mol. The summed E-state index contributed by atoms with van der Waals surface area (Å²) in [4.78, 5) is 8.98. The Morgan fingerprint density at radius 3 is 2.57 bits per heavy atom. The van der Waals surface area contributed by atoms with E-state index in [-0.39, 0.29) is 5.92 Å². The van der Waals surface area contributed by atoms with Crippen LogP contribution in [0.2, 0.25) is 0 Å². The van der Waals surface area contributed by atoms with Gasteiger partial charge in [-0.1, -0.05) is 26.0 Å². The molecule has 4 rings (SSSR count). The van der Waals surface area contributed by atoms with Crippen LogP contribution in [0.15, 0.2) is 22.7 Å². The molecule has 5 nitrogen and oxygen atoms in total. The largest absolute Gasteiger partial charge is 0.338 e. The third kappa shape index (κ3) is 4.04. The maximum atomic E-state index is 13.9. The minimum atomic E-state index is -0.763. The van der Waals surface area contributed by atoms with Crippen LogP contribution in [-0.2, 0) is 6.54 Å². The standard InChI is InChI=1S/C21H28F2N4O/c1-14(2)20-24-21(25-28-20)27-11-8-16(13-27)15-6-9-26(10-7-15)12-17-4-3-5-18(22)19(17)23/h3-5,14-16H,6-13H2,1-2H3. The lowest BCUT2D eigenvalue weighted by Crippen LogP contribution is -2.36. The van der Waals surface area contributed by atoms with Crippen molar-refractivity contribution in [1.29, 1.82) is 0 Å². The monoisotopic (exact) mass is 390 g/mol. The number of piperidine rings is 1. The molecule has 1 aromatic carbocycles. The summed E-state index contributed by atoms with van der Waals surface area (Å²) >= 11 is 0. The summed E-state index contributed by atoms with van der Waals surface area (Å²) in [5, 5.41) is 4.14. The van der Waals surface area contributed by atoms with Crippen molar-refractivity contribution < 1.29 is 13.3 Å². The van der Waals surface area contributed by atoms with Crippen LogP contribution in [0.3, 0.4) is 0 Å². The Hall–Kier alpha value is -2.02. The molecule has 2 aliphatic rings. The summed E-state index contributed by atoms with van der Waals surface area (Å²) < 4.78 is 32.7. The van der Waals surface area contributed by atoms with Gasteiger partial charge in [-0.2, -0.15) is 4.98 Å². The molecule has 1 atom stereocenters. The molecule has 3 heterocycles. The molecule has 0 saturated carbocycles. The topological polar surface area (TPSA) is 45.4 Å². The number of anilines is 1. The first-order valence-electron chi connectivity index (χ1n) is 10.2. The van der Waals surface area contributed by atoms with E-state index >= 15 is 0 Å². The second-order valence-electron chi connectivity index (χ2n) is 8.41. The second-order valence-corrected chi connectivity index (χ2v) is 8.41. The molecule has 152 valence electrons. The van der Waals surface area contributed by atoms with Crippen molar-refractivity contribution in [2.45, 2.75) is 45.6 Å². The van der Waals surface area contributed by atoms with Gasteiger partial charge in [0.05, 0.1) is 0 Å². The molecule has 2 fully saturated rings. The van der Waals surface area contributed by atoms with Crippen LogP contribution in [0.1, 0.15) is 50.5 Å². The van der Waals surface area contributed by atoms with Gasteiger partial charge in [-0.25, -0.2) is 8.78 Å². The number of likely N-dealkylation sites (tertiary alicyclic amines) is 1. The molecule has 0 bridgehead atoms. The first kappa shape index (κ1) is 19.3. The lowest BCUT2D eigenvalue weighted by atomic mass is 9.83. The fourth-order valence-electron chi connectivity index (χ4n) is 4.44. The summed E-state index contributed by atoms with van der Waals surface area (Å²) in [6.45, 7) is 8.37. The molecular weight excluding hydrogens is 362 g/mol. The molecule has 0 amide bonds. The van der Waals surface area contributed by atoms with Gasteiger partial charge in [-0.05, 0) is 55.4 Å². The third-order valence-electron chi connectivity index (χ3n) is 6.16. The molecule has 0 N–H and O–H groups in total. The fourth-order valence-corrected chi connectivity index (χ4v) is 4.44. The van der Waals surface area contributed by atoms with Crippen molar-refractivity contribution in [3.8, 4) is 0 Å². The number of nitrogens with zero attached hydrogens (tertiary/aromatic N) is 4. The summed E-state index contributed by atoms with van der Waals surface area (Å²) in [6.07, 6.45) is 3.34. The predicted octanol–water partition coefficient (Wildman–Crippen LogP) is 4.21. The molecule has 0 aliphatic carbocycles. The van der Waals surface area contributed by atoms with Crippen LogP contribution >= 0.6 is 0 Å². The molecular formula is C21H28F2N4O. The first-order valence-corrected chi connectivity index (χ1v) is 10.2. The lowest BCUT2D eigenvalue weighted by molar-refractivity contribution is 0.145. The van der Waals surface area contributed by atoms with Crippen LogP contribution < -0.4 is 4.90 Å². The van der Waals surface area contributed by atoms with Gasteiger partial charge in [0.2, 0.25) is 5.89 Å². The zero-order chi connectivity index (χ0) is 19.7. The van der Waals surface area contributed by atoms with Gasteiger partial charge in [0.1, 0.15) is 0 Å². The van der Waals surface area contributed by atoms with Gasteiger partial charge in [-0.3, -0.25) is 4.90 Å². The van der Waals surface area contributed by atoms with E-state index in [2.05, 4.69) is 19.9 Å². The highest BCUT2D eigenvalue weighted by molar-refractivity contribution is 5.30. The van der Waals surface area contributed by atoms with Crippen molar-refractivity contribution in [3.05, 3.63) is 41.3 Å². The minimum Gasteiger partial charge on any atom is -0.338 e. The molecule has 2 saturated heterocycles.